The van der Waals surface area contributed by atoms with Crippen LogP contribution in [-0.2, 0) is 27.7 Å². The molecule has 27 heavy (non-hydrogen) atoms. The Kier molecular flexibility index (Phi) is 5.81. The topological polar surface area (TPSA) is 92.7 Å². The molecular weight excluding hydrogens is 366 g/mol. The molecule has 2 N–H and O–H groups in total. The minimum absolute atomic E-state index is 0.0168. The van der Waals surface area contributed by atoms with Crippen LogP contribution < -0.4 is 9.46 Å². The van der Waals surface area contributed by atoms with Gasteiger partial charge in [-0.3, -0.25) is 4.72 Å². The van der Waals surface area contributed by atoms with Crippen molar-refractivity contribution in [3.05, 3.63) is 70.9 Å². The van der Waals surface area contributed by atoms with E-state index in [0.717, 1.165) is 16.7 Å². The molecule has 0 spiro atoms. The van der Waals surface area contributed by atoms with Gasteiger partial charge in [-0.15, -0.1) is 0 Å². The van der Waals surface area contributed by atoms with Gasteiger partial charge >= 0.3 is 5.97 Å². The number of benzene rings is 2. The molecule has 0 heterocycles. The van der Waals surface area contributed by atoms with Gasteiger partial charge in [-0.05, 0) is 42.5 Å². The molecule has 0 atom stereocenters. The lowest BCUT2D eigenvalue weighted by Crippen LogP contribution is -2.28. The highest BCUT2D eigenvalue weighted by atomic mass is 32.2. The first-order chi connectivity index (χ1) is 12.9. The van der Waals surface area contributed by atoms with E-state index in [1.54, 1.807) is 18.2 Å². The van der Waals surface area contributed by atoms with Crippen molar-refractivity contribution in [1.29, 1.82) is 0 Å². The molecule has 3 rings (SSSR count). The average Bonchev–Trinajstić information content (AvgIpc) is 2.65. The average molecular weight is 387 g/mol. The Hall–Kier alpha value is -2.80. The maximum Gasteiger partial charge on any atom is 0.341 e. The summed E-state index contributed by atoms with van der Waals surface area (Å²) in [6, 6.07) is 14.8. The van der Waals surface area contributed by atoms with Crippen LogP contribution in [-0.4, -0.2) is 31.9 Å². The van der Waals surface area contributed by atoms with Gasteiger partial charge in [0, 0.05) is 11.3 Å². The van der Waals surface area contributed by atoms with E-state index in [0.29, 0.717) is 30.7 Å². The number of rotatable bonds is 8. The summed E-state index contributed by atoms with van der Waals surface area (Å²) in [5.41, 5.74) is 3.34. The number of hydrogen-bond donors (Lipinski definition) is 2. The van der Waals surface area contributed by atoms with Crippen LogP contribution >= 0.6 is 0 Å². The van der Waals surface area contributed by atoms with Gasteiger partial charge < -0.3 is 9.84 Å². The van der Waals surface area contributed by atoms with Crippen molar-refractivity contribution < 1.29 is 23.1 Å². The maximum atomic E-state index is 12.4. The Balaban J connectivity index is 1.68. The van der Waals surface area contributed by atoms with E-state index in [1.165, 1.54) is 0 Å². The zero-order valence-corrected chi connectivity index (χ0v) is 15.5. The second-order valence-corrected chi connectivity index (χ2v) is 8.17. The number of carboxylic acids is 1. The highest BCUT2D eigenvalue weighted by Crippen LogP contribution is 2.30. The second-order valence-electron chi connectivity index (χ2n) is 6.33. The van der Waals surface area contributed by atoms with Crippen LogP contribution in [0.15, 0.2) is 54.2 Å². The van der Waals surface area contributed by atoms with E-state index >= 15 is 0 Å². The fraction of sp³-hybridized carbons (Fsp3) is 0.250. The summed E-state index contributed by atoms with van der Waals surface area (Å²) in [4.78, 5) is 10.7. The van der Waals surface area contributed by atoms with Crippen molar-refractivity contribution in [2.75, 3.05) is 12.4 Å². The van der Waals surface area contributed by atoms with Crippen LogP contribution in [0.3, 0.4) is 0 Å². The zero-order chi connectivity index (χ0) is 19.3. The first-order valence-electron chi connectivity index (χ1n) is 8.64. The number of carboxylic acid groups (broad SMARTS) is 1. The number of allylic oxidation sites excluding steroid dienone is 1. The molecule has 0 unspecified atom stereocenters. The predicted octanol–water partition coefficient (Wildman–Crippen LogP) is 2.60. The number of aliphatic carboxylic acids is 1. The normalized spacial score (nSPS) is 13.4. The summed E-state index contributed by atoms with van der Waals surface area (Å²) in [5.74, 6) is -0.494. The molecule has 0 aliphatic heterocycles. The summed E-state index contributed by atoms with van der Waals surface area (Å²) in [6.07, 6.45) is 3.34. The summed E-state index contributed by atoms with van der Waals surface area (Å²) in [7, 11) is -3.44. The molecule has 1 aliphatic rings. The molecule has 0 fully saturated rings. The van der Waals surface area contributed by atoms with Crippen molar-refractivity contribution in [3.63, 3.8) is 0 Å². The number of fused-ring (bicyclic) bond motifs is 1. The third-order valence-corrected chi connectivity index (χ3v) is 5.60. The molecule has 0 bridgehead atoms. The van der Waals surface area contributed by atoms with Crippen molar-refractivity contribution in [2.24, 2.45) is 0 Å². The van der Waals surface area contributed by atoms with Gasteiger partial charge in [-0.2, -0.15) is 0 Å². The van der Waals surface area contributed by atoms with Crippen LogP contribution in [0.4, 0.5) is 0 Å². The number of aryl methyl sites for hydroxylation is 1. The van der Waals surface area contributed by atoms with Gasteiger partial charge in [-0.1, -0.05) is 42.5 Å². The van der Waals surface area contributed by atoms with E-state index < -0.39 is 22.6 Å². The van der Waals surface area contributed by atoms with E-state index in [-0.39, 0.29) is 5.75 Å². The molecule has 6 nitrogen and oxygen atoms in total. The molecule has 0 saturated heterocycles. The second kappa shape index (κ2) is 8.26. The molecule has 7 heteroatoms. The van der Waals surface area contributed by atoms with Gasteiger partial charge in [0.1, 0.15) is 5.75 Å². The van der Waals surface area contributed by atoms with E-state index in [2.05, 4.69) is 4.72 Å². The molecular formula is C20H21NO5S. The van der Waals surface area contributed by atoms with Crippen molar-refractivity contribution >= 4 is 22.1 Å². The van der Waals surface area contributed by atoms with E-state index in [9.17, 15) is 13.2 Å². The third kappa shape index (κ3) is 5.34. The van der Waals surface area contributed by atoms with Gasteiger partial charge in [0.15, 0.2) is 6.61 Å². The Bertz CT molecular complexity index is 952. The maximum absolute atomic E-state index is 12.4. The number of sulfonamides is 1. The van der Waals surface area contributed by atoms with E-state index in [4.69, 9.17) is 9.84 Å². The lowest BCUT2D eigenvalue weighted by Gasteiger charge is -2.20. The number of hydrogen-bond acceptors (Lipinski definition) is 4. The molecule has 0 amide bonds. The van der Waals surface area contributed by atoms with Crippen molar-refractivity contribution in [2.45, 2.75) is 19.3 Å². The number of ether oxygens (including phenoxy) is 1. The van der Waals surface area contributed by atoms with Crippen LogP contribution in [0.5, 0.6) is 5.75 Å². The minimum Gasteiger partial charge on any atom is -0.482 e. The summed E-state index contributed by atoms with van der Waals surface area (Å²) in [6.45, 7) is -0.404. The fourth-order valence-electron chi connectivity index (χ4n) is 3.01. The minimum atomic E-state index is -3.44. The molecule has 0 aromatic heterocycles. The molecule has 2 aromatic rings. The molecule has 2 aromatic carbocycles. The Morgan fingerprint density at radius 3 is 2.59 bits per heavy atom. The number of nitrogens with one attached hydrogen (secondary N) is 1. The SMILES string of the molecule is O=C(O)COc1cccc2c1CCC(NS(=O)(=O)CCc1ccccc1)=C2. The van der Waals surface area contributed by atoms with Gasteiger partial charge in [0.2, 0.25) is 10.0 Å². The zero-order valence-electron chi connectivity index (χ0n) is 14.7. The summed E-state index contributed by atoms with van der Waals surface area (Å²) < 4.78 is 32.8. The first kappa shape index (κ1) is 19.0. The van der Waals surface area contributed by atoms with Gasteiger partial charge in [0.25, 0.3) is 0 Å². The largest absolute Gasteiger partial charge is 0.482 e. The summed E-state index contributed by atoms with van der Waals surface area (Å²) >= 11 is 0. The molecule has 0 saturated carbocycles. The third-order valence-electron chi connectivity index (χ3n) is 4.28. The van der Waals surface area contributed by atoms with Crippen LogP contribution in [0.2, 0.25) is 0 Å². The highest BCUT2D eigenvalue weighted by Gasteiger charge is 2.19. The summed E-state index contributed by atoms with van der Waals surface area (Å²) in [5, 5.41) is 8.77. The molecule has 0 radical (unpaired) electrons. The highest BCUT2D eigenvalue weighted by molar-refractivity contribution is 7.89. The van der Waals surface area contributed by atoms with Crippen molar-refractivity contribution in [3.8, 4) is 5.75 Å². The van der Waals surface area contributed by atoms with Gasteiger partial charge in [0.05, 0.1) is 5.75 Å². The lowest BCUT2D eigenvalue weighted by atomic mass is 9.95. The fourth-order valence-corrected chi connectivity index (χ4v) is 4.17. The van der Waals surface area contributed by atoms with Crippen LogP contribution in [0, 0.1) is 0 Å². The quantitative estimate of drug-likeness (QED) is 0.726. The standard InChI is InChI=1S/C20H21NO5S/c22-20(23)14-26-19-8-4-7-16-13-17(9-10-18(16)19)21-27(24,25)12-11-15-5-2-1-3-6-15/h1-8,13,21H,9-12,14H2,(H,22,23). The molecule has 142 valence electrons. The monoisotopic (exact) mass is 387 g/mol. The smallest absolute Gasteiger partial charge is 0.341 e. The van der Waals surface area contributed by atoms with Gasteiger partial charge in [-0.25, -0.2) is 13.2 Å². The first-order valence-corrected chi connectivity index (χ1v) is 10.3. The number of carbonyl (C=O) groups is 1. The Labute approximate surface area is 158 Å². The van der Waals surface area contributed by atoms with Crippen LogP contribution in [0.25, 0.3) is 6.08 Å². The molecule has 1 aliphatic carbocycles. The predicted molar refractivity (Wildman–Crippen MR) is 103 cm³/mol. The Morgan fingerprint density at radius 2 is 1.85 bits per heavy atom. The van der Waals surface area contributed by atoms with E-state index in [1.807, 2.05) is 36.4 Å². The lowest BCUT2D eigenvalue weighted by molar-refractivity contribution is -0.139. The van der Waals surface area contributed by atoms with Crippen molar-refractivity contribution in [1.82, 2.24) is 4.72 Å². The Morgan fingerprint density at radius 1 is 1.07 bits per heavy atom. The van der Waals surface area contributed by atoms with Crippen LogP contribution in [0.1, 0.15) is 23.1 Å².